The molecule has 3 rings (SSSR count). The van der Waals surface area contributed by atoms with Crippen LogP contribution in [0.5, 0.6) is 0 Å². The molecule has 0 spiro atoms. The van der Waals surface area contributed by atoms with E-state index in [9.17, 15) is 4.79 Å². The molecule has 0 saturated carbocycles. The number of hydrogen-bond acceptors (Lipinski definition) is 3. The number of nitrogens with two attached hydrogens (primary N) is 1. The SMILES string of the molecule is CC(C)CC(Sc1ccc(-c2ccc(C#N)cc2)cc1)c1ccc(C(N)=O)cc1. The van der Waals surface area contributed by atoms with Crippen LogP contribution in [-0.4, -0.2) is 5.91 Å². The summed E-state index contributed by atoms with van der Waals surface area (Å²) in [5.41, 5.74) is 9.99. The van der Waals surface area contributed by atoms with Gasteiger partial charge in [-0.3, -0.25) is 4.79 Å². The molecule has 0 aliphatic rings. The predicted molar refractivity (Wildman–Crippen MR) is 120 cm³/mol. The maximum atomic E-state index is 11.3. The average molecular weight is 401 g/mol. The van der Waals surface area contributed by atoms with Crippen LogP contribution in [0.25, 0.3) is 11.1 Å². The Labute approximate surface area is 176 Å². The lowest BCUT2D eigenvalue weighted by atomic mass is 10.0. The van der Waals surface area contributed by atoms with Crippen molar-refractivity contribution >= 4 is 17.7 Å². The summed E-state index contributed by atoms with van der Waals surface area (Å²) in [6.45, 7) is 4.44. The zero-order chi connectivity index (χ0) is 20.8. The highest BCUT2D eigenvalue weighted by molar-refractivity contribution is 7.99. The second-order valence-electron chi connectivity index (χ2n) is 7.44. The normalized spacial score (nSPS) is 11.8. The van der Waals surface area contributed by atoms with E-state index in [0.717, 1.165) is 17.5 Å². The van der Waals surface area contributed by atoms with Crippen LogP contribution in [-0.2, 0) is 0 Å². The van der Waals surface area contributed by atoms with Crippen LogP contribution in [0.3, 0.4) is 0 Å². The van der Waals surface area contributed by atoms with Gasteiger partial charge in [0.1, 0.15) is 0 Å². The van der Waals surface area contributed by atoms with Crippen molar-refractivity contribution in [1.29, 1.82) is 5.26 Å². The minimum Gasteiger partial charge on any atom is -0.366 e. The summed E-state index contributed by atoms with van der Waals surface area (Å²) >= 11 is 1.84. The molecule has 146 valence electrons. The molecule has 0 radical (unpaired) electrons. The van der Waals surface area contributed by atoms with Crippen LogP contribution in [0, 0.1) is 17.2 Å². The molecule has 4 heteroatoms. The largest absolute Gasteiger partial charge is 0.366 e. The molecular formula is C25H24N2OS. The number of carbonyl (C=O) groups excluding carboxylic acids is 1. The Morgan fingerprint density at radius 1 is 0.931 bits per heavy atom. The summed E-state index contributed by atoms with van der Waals surface area (Å²) in [5, 5.41) is 9.25. The van der Waals surface area contributed by atoms with Crippen molar-refractivity contribution in [3.8, 4) is 17.2 Å². The smallest absolute Gasteiger partial charge is 0.248 e. The second kappa shape index (κ2) is 9.45. The maximum absolute atomic E-state index is 11.3. The first kappa shape index (κ1) is 20.7. The van der Waals surface area contributed by atoms with Crippen LogP contribution in [0.15, 0.2) is 77.7 Å². The van der Waals surface area contributed by atoms with E-state index in [1.165, 1.54) is 10.5 Å². The molecule has 0 saturated heterocycles. The van der Waals surface area contributed by atoms with E-state index in [4.69, 9.17) is 11.0 Å². The molecule has 0 heterocycles. The first-order valence-corrected chi connectivity index (χ1v) is 10.5. The molecule has 29 heavy (non-hydrogen) atoms. The lowest BCUT2D eigenvalue weighted by Crippen LogP contribution is -2.10. The van der Waals surface area contributed by atoms with Crippen molar-refractivity contribution in [2.24, 2.45) is 11.7 Å². The highest BCUT2D eigenvalue weighted by atomic mass is 32.2. The van der Waals surface area contributed by atoms with Gasteiger partial charge in [0.2, 0.25) is 5.91 Å². The summed E-state index contributed by atoms with van der Waals surface area (Å²) < 4.78 is 0. The van der Waals surface area contributed by atoms with Gasteiger partial charge in [0, 0.05) is 15.7 Å². The Hall–Kier alpha value is -3.03. The Morgan fingerprint density at radius 2 is 1.48 bits per heavy atom. The molecule has 0 aliphatic heterocycles. The van der Waals surface area contributed by atoms with Crippen molar-refractivity contribution in [3.63, 3.8) is 0 Å². The van der Waals surface area contributed by atoms with Gasteiger partial charge in [0.25, 0.3) is 0 Å². The highest BCUT2D eigenvalue weighted by Crippen LogP contribution is 2.40. The number of primary amides is 1. The first-order chi connectivity index (χ1) is 14.0. The zero-order valence-electron chi connectivity index (χ0n) is 16.6. The fourth-order valence-electron chi connectivity index (χ4n) is 3.17. The van der Waals surface area contributed by atoms with Crippen LogP contribution in [0.2, 0.25) is 0 Å². The number of rotatable bonds is 7. The molecule has 2 N–H and O–H groups in total. The van der Waals surface area contributed by atoms with Gasteiger partial charge in [-0.2, -0.15) is 5.26 Å². The van der Waals surface area contributed by atoms with E-state index in [-0.39, 0.29) is 0 Å². The third-order valence-corrected chi connectivity index (χ3v) is 6.03. The Balaban J connectivity index is 1.78. The van der Waals surface area contributed by atoms with Crippen molar-refractivity contribution in [1.82, 2.24) is 0 Å². The molecule has 1 atom stereocenters. The van der Waals surface area contributed by atoms with Crippen molar-refractivity contribution in [2.45, 2.75) is 30.4 Å². The van der Waals surface area contributed by atoms with Crippen LogP contribution >= 0.6 is 11.8 Å². The van der Waals surface area contributed by atoms with E-state index in [2.05, 4.69) is 44.2 Å². The lowest BCUT2D eigenvalue weighted by molar-refractivity contribution is 0.100. The molecule has 3 aromatic carbocycles. The topological polar surface area (TPSA) is 66.9 Å². The van der Waals surface area contributed by atoms with E-state index in [0.29, 0.717) is 22.3 Å². The molecule has 0 bridgehead atoms. The zero-order valence-corrected chi connectivity index (χ0v) is 17.4. The monoisotopic (exact) mass is 400 g/mol. The average Bonchev–Trinajstić information content (AvgIpc) is 2.73. The van der Waals surface area contributed by atoms with E-state index < -0.39 is 5.91 Å². The Morgan fingerprint density at radius 3 is 1.97 bits per heavy atom. The van der Waals surface area contributed by atoms with Gasteiger partial charge < -0.3 is 5.73 Å². The first-order valence-electron chi connectivity index (χ1n) is 9.63. The van der Waals surface area contributed by atoms with Crippen LogP contribution < -0.4 is 5.73 Å². The van der Waals surface area contributed by atoms with Gasteiger partial charge in [0.05, 0.1) is 11.6 Å². The van der Waals surface area contributed by atoms with E-state index >= 15 is 0 Å². The van der Waals surface area contributed by atoms with Crippen molar-refractivity contribution in [3.05, 3.63) is 89.5 Å². The quantitative estimate of drug-likeness (QED) is 0.480. The van der Waals surface area contributed by atoms with Crippen molar-refractivity contribution in [2.75, 3.05) is 0 Å². The number of nitrogens with zero attached hydrogens (tertiary/aromatic N) is 1. The number of benzene rings is 3. The molecule has 3 aromatic rings. The highest BCUT2D eigenvalue weighted by Gasteiger charge is 2.16. The number of carbonyl (C=O) groups is 1. The standard InChI is InChI=1S/C25H24N2OS/c1-17(2)15-24(21-7-9-22(10-8-21)25(27)28)29-23-13-11-20(12-14-23)19-5-3-18(16-26)4-6-19/h3-14,17,24H,15H2,1-2H3,(H2,27,28). The number of nitriles is 1. The minimum atomic E-state index is -0.400. The summed E-state index contributed by atoms with van der Waals surface area (Å²) in [6.07, 6.45) is 1.04. The Kier molecular flexibility index (Phi) is 6.74. The third-order valence-electron chi connectivity index (χ3n) is 4.73. The fourth-order valence-corrected chi connectivity index (χ4v) is 4.57. The number of thioether (sulfide) groups is 1. The van der Waals surface area contributed by atoms with E-state index in [1.807, 2.05) is 48.2 Å². The van der Waals surface area contributed by atoms with Gasteiger partial charge in [0.15, 0.2) is 0 Å². The number of hydrogen-bond donors (Lipinski definition) is 1. The van der Waals surface area contributed by atoms with Gasteiger partial charge in [-0.1, -0.05) is 50.2 Å². The molecule has 0 fully saturated rings. The summed E-state index contributed by atoms with van der Waals surface area (Å²) in [6, 6.07) is 25.9. The van der Waals surface area contributed by atoms with Gasteiger partial charge >= 0.3 is 0 Å². The summed E-state index contributed by atoms with van der Waals surface area (Å²) in [7, 11) is 0. The maximum Gasteiger partial charge on any atom is 0.248 e. The van der Waals surface area contributed by atoms with Gasteiger partial charge in [-0.05, 0) is 65.4 Å². The Bertz CT molecular complexity index is 1000. The molecule has 3 nitrogen and oxygen atoms in total. The van der Waals surface area contributed by atoms with Gasteiger partial charge in [-0.25, -0.2) is 0 Å². The molecular weight excluding hydrogens is 376 g/mol. The molecule has 1 amide bonds. The second-order valence-corrected chi connectivity index (χ2v) is 8.71. The number of amides is 1. The van der Waals surface area contributed by atoms with Crippen LogP contribution in [0.4, 0.5) is 0 Å². The minimum absolute atomic E-state index is 0.303. The van der Waals surface area contributed by atoms with Crippen LogP contribution in [0.1, 0.15) is 47.0 Å². The molecule has 1 unspecified atom stereocenters. The van der Waals surface area contributed by atoms with Crippen molar-refractivity contribution < 1.29 is 4.79 Å². The molecule has 0 aromatic heterocycles. The summed E-state index contributed by atoms with van der Waals surface area (Å²) in [4.78, 5) is 12.5. The molecule has 0 aliphatic carbocycles. The third kappa shape index (κ3) is 5.49. The summed E-state index contributed by atoms with van der Waals surface area (Å²) in [5.74, 6) is 0.157. The van der Waals surface area contributed by atoms with E-state index in [1.54, 1.807) is 12.1 Å². The fraction of sp³-hybridized carbons (Fsp3) is 0.200. The predicted octanol–water partition coefficient (Wildman–Crippen LogP) is 6.20. The lowest BCUT2D eigenvalue weighted by Gasteiger charge is -2.19. The van der Waals surface area contributed by atoms with Gasteiger partial charge in [-0.15, -0.1) is 11.8 Å².